The highest BCUT2D eigenvalue weighted by Crippen LogP contribution is 2.33. The largest absolute Gasteiger partial charge is 0.325 e. The van der Waals surface area contributed by atoms with E-state index in [0.717, 1.165) is 0 Å². The SMILES string of the molecule is CC(=O)c1cccc(NC(=O)[C@@H](C)Sc2c(F)c(F)c(F)c(F)c2F)c1. The standard InChI is InChI=1S/C17H12F5NO2S/c1-7(24)9-4-3-5-10(6-9)23-17(25)8(2)26-16-14(21)12(19)11(18)13(20)15(16)22/h3-6,8H,1-2H3,(H,23,25)/t8-/m1/s1. The number of hydrogen-bond acceptors (Lipinski definition) is 3. The van der Waals surface area contributed by atoms with Crippen LogP contribution in [0.25, 0.3) is 0 Å². The molecule has 0 heterocycles. The summed E-state index contributed by atoms with van der Waals surface area (Å²) in [5.41, 5.74) is 0.593. The van der Waals surface area contributed by atoms with Crippen LogP contribution in [-0.4, -0.2) is 16.9 Å². The number of halogens is 5. The van der Waals surface area contributed by atoms with Gasteiger partial charge >= 0.3 is 0 Å². The summed E-state index contributed by atoms with van der Waals surface area (Å²) in [6.07, 6.45) is 0. The fourth-order valence-electron chi connectivity index (χ4n) is 1.98. The van der Waals surface area contributed by atoms with Gasteiger partial charge in [-0.2, -0.15) is 0 Å². The summed E-state index contributed by atoms with van der Waals surface area (Å²) in [4.78, 5) is 22.3. The van der Waals surface area contributed by atoms with Crippen molar-refractivity contribution >= 4 is 29.1 Å². The number of benzene rings is 2. The Morgan fingerprint density at radius 1 is 0.962 bits per heavy atom. The Bertz CT molecular complexity index is 859. The van der Waals surface area contributed by atoms with Crippen LogP contribution in [0.2, 0.25) is 0 Å². The fraction of sp³-hybridized carbons (Fsp3) is 0.176. The third-order valence-corrected chi connectivity index (χ3v) is 4.53. The van der Waals surface area contributed by atoms with Gasteiger partial charge in [0, 0.05) is 11.3 Å². The minimum absolute atomic E-state index is 0.196. The Morgan fingerprint density at radius 3 is 2.04 bits per heavy atom. The number of nitrogens with one attached hydrogen (secondary N) is 1. The van der Waals surface area contributed by atoms with Crippen molar-refractivity contribution in [2.24, 2.45) is 0 Å². The molecule has 2 rings (SSSR count). The van der Waals surface area contributed by atoms with E-state index in [-0.39, 0.29) is 23.2 Å². The summed E-state index contributed by atoms with van der Waals surface area (Å²) < 4.78 is 66.8. The summed E-state index contributed by atoms with van der Waals surface area (Å²) >= 11 is 0.196. The molecule has 0 saturated heterocycles. The number of rotatable bonds is 5. The second-order valence-corrected chi connectivity index (χ2v) is 6.64. The molecule has 9 heteroatoms. The molecule has 0 bridgehead atoms. The van der Waals surface area contributed by atoms with Crippen LogP contribution in [0.4, 0.5) is 27.6 Å². The quantitative estimate of drug-likeness (QED) is 0.265. The summed E-state index contributed by atoms with van der Waals surface area (Å²) in [5.74, 6) is -11.4. The Kier molecular flexibility index (Phi) is 6.01. The van der Waals surface area contributed by atoms with Gasteiger partial charge in [-0.3, -0.25) is 9.59 Å². The molecular formula is C17H12F5NO2S. The summed E-state index contributed by atoms with van der Waals surface area (Å²) in [6, 6.07) is 5.94. The summed E-state index contributed by atoms with van der Waals surface area (Å²) in [7, 11) is 0. The number of Topliss-reactive ketones (excluding diaryl/α,β-unsaturated/α-hetero) is 1. The molecule has 2 aromatic carbocycles. The van der Waals surface area contributed by atoms with Crippen LogP contribution in [0.5, 0.6) is 0 Å². The van der Waals surface area contributed by atoms with E-state index in [1.165, 1.54) is 38.1 Å². The average molecular weight is 389 g/mol. The van der Waals surface area contributed by atoms with Crippen molar-refractivity contribution in [3.8, 4) is 0 Å². The maximum absolute atomic E-state index is 13.7. The van der Waals surface area contributed by atoms with Crippen molar-refractivity contribution in [3.63, 3.8) is 0 Å². The van der Waals surface area contributed by atoms with E-state index >= 15 is 0 Å². The smallest absolute Gasteiger partial charge is 0.237 e. The molecule has 0 saturated carbocycles. The van der Waals surface area contributed by atoms with Crippen LogP contribution in [0.1, 0.15) is 24.2 Å². The van der Waals surface area contributed by atoms with Gasteiger partial charge in [-0.25, -0.2) is 22.0 Å². The Hall–Kier alpha value is -2.42. The first-order valence-corrected chi connectivity index (χ1v) is 8.11. The molecule has 0 unspecified atom stereocenters. The van der Waals surface area contributed by atoms with Gasteiger partial charge < -0.3 is 5.32 Å². The molecule has 0 aliphatic rings. The van der Waals surface area contributed by atoms with Crippen molar-refractivity contribution in [2.45, 2.75) is 24.0 Å². The molecule has 0 aliphatic heterocycles. The zero-order valence-corrected chi connectivity index (χ0v) is 14.3. The maximum atomic E-state index is 13.7. The molecule has 138 valence electrons. The second kappa shape index (κ2) is 7.86. The summed E-state index contributed by atoms with van der Waals surface area (Å²) in [5, 5.41) is 1.24. The highest BCUT2D eigenvalue weighted by Gasteiger charge is 2.28. The molecule has 0 aromatic heterocycles. The lowest BCUT2D eigenvalue weighted by Gasteiger charge is -2.14. The molecule has 0 fully saturated rings. The number of ketones is 1. The fourth-order valence-corrected chi connectivity index (χ4v) is 2.88. The lowest BCUT2D eigenvalue weighted by atomic mass is 10.1. The minimum Gasteiger partial charge on any atom is -0.325 e. The van der Waals surface area contributed by atoms with Crippen LogP contribution in [0.15, 0.2) is 29.2 Å². The Labute approximate surface area is 149 Å². The Balaban J connectivity index is 2.20. The number of carbonyl (C=O) groups excluding carboxylic acids is 2. The molecule has 1 N–H and O–H groups in total. The van der Waals surface area contributed by atoms with Crippen molar-refractivity contribution in [2.75, 3.05) is 5.32 Å². The van der Waals surface area contributed by atoms with Gasteiger partial charge in [-0.15, -0.1) is 11.8 Å². The summed E-state index contributed by atoms with van der Waals surface area (Å²) in [6.45, 7) is 2.58. The molecular weight excluding hydrogens is 377 g/mol. The molecule has 0 spiro atoms. The minimum atomic E-state index is -2.26. The zero-order chi connectivity index (χ0) is 19.6. The van der Waals surface area contributed by atoms with Crippen molar-refractivity contribution in [1.29, 1.82) is 0 Å². The number of amides is 1. The average Bonchev–Trinajstić information content (AvgIpc) is 2.61. The first kappa shape index (κ1) is 19.9. The van der Waals surface area contributed by atoms with E-state index in [0.29, 0.717) is 5.56 Å². The lowest BCUT2D eigenvalue weighted by molar-refractivity contribution is -0.115. The third-order valence-electron chi connectivity index (χ3n) is 3.37. The molecule has 2 aromatic rings. The van der Waals surface area contributed by atoms with Gasteiger partial charge in [-0.1, -0.05) is 12.1 Å². The van der Waals surface area contributed by atoms with E-state index in [2.05, 4.69) is 5.32 Å². The first-order valence-electron chi connectivity index (χ1n) is 7.23. The molecule has 1 atom stereocenters. The van der Waals surface area contributed by atoms with E-state index in [1.54, 1.807) is 0 Å². The van der Waals surface area contributed by atoms with Crippen LogP contribution < -0.4 is 5.32 Å². The normalized spacial score (nSPS) is 12.0. The predicted molar refractivity (Wildman–Crippen MR) is 86.6 cm³/mol. The van der Waals surface area contributed by atoms with E-state index < -0.39 is 45.1 Å². The van der Waals surface area contributed by atoms with Crippen molar-refractivity contribution in [3.05, 3.63) is 58.9 Å². The van der Waals surface area contributed by atoms with Gasteiger partial charge in [0.05, 0.1) is 10.1 Å². The molecule has 1 amide bonds. The van der Waals surface area contributed by atoms with E-state index in [4.69, 9.17) is 0 Å². The number of thioether (sulfide) groups is 1. The van der Waals surface area contributed by atoms with Gasteiger partial charge in [-0.05, 0) is 26.0 Å². The van der Waals surface area contributed by atoms with Gasteiger partial charge in [0.1, 0.15) is 0 Å². The molecule has 3 nitrogen and oxygen atoms in total. The second-order valence-electron chi connectivity index (χ2n) is 5.29. The highest BCUT2D eigenvalue weighted by molar-refractivity contribution is 8.00. The van der Waals surface area contributed by atoms with Crippen molar-refractivity contribution < 1.29 is 31.5 Å². The predicted octanol–water partition coefficient (Wildman–Crippen LogP) is 4.70. The van der Waals surface area contributed by atoms with Gasteiger partial charge in [0.15, 0.2) is 29.1 Å². The molecule has 26 heavy (non-hydrogen) atoms. The van der Waals surface area contributed by atoms with Crippen LogP contribution in [0, 0.1) is 29.1 Å². The van der Waals surface area contributed by atoms with Gasteiger partial charge in [0.25, 0.3) is 0 Å². The van der Waals surface area contributed by atoms with Gasteiger partial charge in [0.2, 0.25) is 11.7 Å². The first-order chi connectivity index (χ1) is 12.1. The number of carbonyl (C=O) groups is 2. The number of anilines is 1. The Morgan fingerprint density at radius 2 is 1.50 bits per heavy atom. The van der Waals surface area contributed by atoms with Crippen LogP contribution in [-0.2, 0) is 4.79 Å². The third kappa shape index (κ3) is 4.04. The van der Waals surface area contributed by atoms with E-state index in [1.807, 2.05) is 0 Å². The number of hydrogen-bond donors (Lipinski definition) is 1. The zero-order valence-electron chi connectivity index (χ0n) is 13.5. The van der Waals surface area contributed by atoms with Crippen LogP contribution in [0.3, 0.4) is 0 Å². The molecule has 0 aliphatic carbocycles. The van der Waals surface area contributed by atoms with Crippen molar-refractivity contribution in [1.82, 2.24) is 0 Å². The maximum Gasteiger partial charge on any atom is 0.237 e. The van der Waals surface area contributed by atoms with Crippen LogP contribution >= 0.6 is 11.8 Å². The molecule has 0 radical (unpaired) electrons. The van der Waals surface area contributed by atoms with E-state index in [9.17, 15) is 31.5 Å². The topological polar surface area (TPSA) is 46.2 Å². The lowest BCUT2D eigenvalue weighted by Crippen LogP contribution is -2.23. The monoisotopic (exact) mass is 389 g/mol. The highest BCUT2D eigenvalue weighted by atomic mass is 32.2.